The topological polar surface area (TPSA) is 82.3 Å². The van der Waals surface area contributed by atoms with Crippen molar-refractivity contribution >= 4 is 15.9 Å². The Balaban J connectivity index is 2.07. The first-order valence-corrected chi connectivity index (χ1v) is 7.78. The Bertz CT molecular complexity index is 704. The van der Waals surface area contributed by atoms with Crippen LogP contribution in [0.4, 0.5) is 0 Å². The predicted octanol–water partition coefficient (Wildman–Crippen LogP) is 1.19. The molecule has 112 valence electrons. The Hall–Kier alpha value is -2.12. The highest BCUT2D eigenvalue weighted by atomic mass is 32.2. The lowest BCUT2D eigenvalue weighted by Gasteiger charge is -2.11. The summed E-state index contributed by atoms with van der Waals surface area (Å²) in [5.41, 5.74) is 1.39. The van der Waals surface area contributed by atoms with Crippen LogP contribution in [0.15, 0.2) is 47.6 Å². The minimum Gasteiger partial charge on any atom is -0.367 e. The number of carbonyl (C=O) groups excluding carboxylic acids is 1. The molecule has 2 aromatic rings. The predicted molar refractivity (Wildman–Crippen MR) is 79.3 cm³/mol. The Morgan fingerprint density at radius 1 is 1.19 bits per heavy atom. The quantitative estimate of drug-likeness (QED) is 0.870. The Morgan fingerprint density at radius 2 is 1.86 bits per heavy atom. The fourth-order valence-electron chi connectivity index (χ4n) is 1.74. The van der Waals surface area contributed by atoms with Crippen molar-refractivity contribution in [3.8, 4) is 0 Å². The SMILES string of the molecule is CN(C)S(=O)(=O)c1ccc(C(=O)NCc2cc[nH]c2)cc1. The van der Waals surface area contributed by atoms with E-state index in [1.165, 1.54) is 38.4 Å². The molecule has 0 saturated heterocycles. The minimum absolute atomic E-state index is 0.162. The third-order valence-electron chi connectivity index (χ3n) is 3.01. The molecule has 2 rings (SSSR count). The summed E-state index contributed by atoms with van der Waals surface area (Å²) in [5.74, 6) is -0.245. The average molecular weight is 307 g/mol. The number of carbonyl (C=O) groups is 1. The van der Waals surface area contributed by atoms with Crippen LogP contribution in [0.25, 0.3) is 0 Å². The van der Waals surface area contributed by atoms with Gasteiger partial charge in [0.05, 0.1) is 4.90 Å². The molecule has 1 amide bonds. The largest absolute Gasteiger partial charge is 0.367 e. The molecule has 1 aromatic heterocycles. The molecule has 2 N–H and O–H groups in total. The van der Waals surface area contributed by atoms with E-state index < -0.39 is 10.0 Å². The second-order valence-corrected chi connectivity index (χ2v) is 6.87. The molecule has 0 fully saturated rings. The van der Waals surface area contributed by atoms with E-state index in [4.69, 9.17) is 0 Å². The first kappa shape index (κ1) is 15.3. The standard InChI is InChI=1S/C14H17N3O3S/c1-17(2)21(19,20)13-5-3-12(4-6-13)14(18)16-10-11-7-8-15-9-11/h3-9,15H,10H2,1-2H3,(H,16,18). The summed E-state index contributed by atoms with van der Waals surface area (Å²) in [6.45, 7) is 0.417. The van der Waals surface area contributed by atoms with Crippen molar-refractivity contribution < 1.29 is 13.2 Å². The molecule has 0 aliphatic rings. The second-order valence-electron chi connectivity index (χ2n) is 4.71. The van der Waals surface area contributed by atoms with Gasteiger partial charge in [-0.25, -0.2) is 12.7 Å². The number of rotatable bonds is 5. The molecule has 0 spiro atoms. The third kappa shape index (κ3) is 3.50. The van der Waals surface area contributed by atoms with Crippen LogP contribution in [0.1, 0.15) is 15.9 Å². The van der Waals surface area contributed by atoms with Gasteiger partial charge in [-0.3, -0.25) is 4.79 Å². The van der Waals surface area contributed by atoms with Crippen molar-refractivity contribution in [2.45, 2.75) is 11.4 Å². The van der Waals surface area contributed by atoms with Crippen LogP contribution < -0.4 is 5.32 Å². The van der Waals surface area contributed by atoms with E-state index in [-0.39, 0.29) is 10.8 Å². The molecule has 0 unspecified atom stereocenters. The highest BCUT2D eigenvalue weighted by molar-refractivity contribution is 7.89. The number of H-pyrrole nitrogens is 1. The van der Waals surface area contributed by atoms with Crippen molar-refractivity contribution in [3.05, 3.63) is 53.9 Å². The van der Waals surface area contributed by atoms with Crippen molar-refractivity contribution in [2.24, 2.45) is 0 Å². The molecule has 0 bridgehead atoms. The van der Waals surface area contributed by atoms with Gasteiger partial charge in [-0.1, -0.05) is 0 Å². The van der Waals surface area contributed by atoms with Gasteiger partial charge in [0.1, 0.15) is 0 Å². The molecule has 0 atom stereocenters. The molecule has 0 saturated carbocycles. The fraction of sp³-hybridized carbons (Fsp3) is 0.214. The third-order valence-corrected chi connectivity index (χ3v) is 4.84. The van der Waals surface area contributed by atoms with Crippen LogP contribution in [0.2, 0.25) is 0 Å². The molecular formula is C14H17N3O3S. The van der Waals surface area contributed by atoms with Crippen molar-refractivity contribution in [2.75, 3.05) is 14.1 Å². The Morgan fingerprint density at radius 3 is 2.38 bits per heavy atom. The first-order valence-electron chi connectivity index (χ1n) is 6.34. The lowest BCUT2D eigenvalue weighted by atomic mass is 10.2. The van der Waals surface area contributed by atoms with Gasteiger partial charge in [0.15, 0.2) is 0 Å². The van der Waals surface area contributed by atoms with Crippen molar-refractivity contribution in [1.82, 2.24) is 14.6 Å². The number of hydrogen-bond donors (Lipinski definition) is 2. The van der Waals surface area contributed by atoms with Crippen LogP contribution in [0.3, 0.4) is 0 Å². The summed E-state index contributed by atoms with van der Waals surface area (Å²) in [6, 6.07) is 7.74. The summed E-state index contributed by atoms with van der Waals surface area (Å²) in [5, 5.41) is 2.76. The van der Waals surface area contributed by atoms with Crippen LogP contribution in [-0.4, -0.2) is 37.7 Å². The molecule has 21 heavy (non-hydrogen) atoms. The van der Waals surface area contributed by atoms with Gasteiger partial charge in [0, 0.05) is 38.6 Å². The maximum absolute atomic E-state index is 12.0. The fourth-order valence-corrected chi connectivity index (χ4v) is 2.64. The number of benzene rings is 1. The summed E-state index contributed by atoms with van der Waals surface area (Å²) in [7, 11) is -0.539. The summed E-state index contributed by atoms with van der Waals surface area (Å²) in [6.07, 6.45) is 3.58. The smallest absolute Gasteiger partial charge is 0.251 e. The number of aromatic amines is 1. The number of sulfonamides is 1. The second kappa shape index (κ2) is 6.11. The maximum atomic E-state index is 12.0. The summed E-state index contributed by atoms with van der Waals surface area (Å²) in [4.78, 5) is 15.0. The number of nitrogens with one attached hydrogen (secondary N) is 2. The van der Waals surface area contributed by atoms with E-state index in [1.807, 2.05) is 6.07 Å². The Kier molecular flexibility index (Phi) is 4.44. The van der Waals surface area contributed by atoms with E-state index in [0.717, 1.165) is 9.87 Å². The van der Waals surface area contributed by atoms with Crippen LogP contribution >= 0.6 is 0 Å². The molecular weight excluding hydrogens is 290 g/mol. The van der Waals surface area contributed by atoms with E-state index in [1.54, 1.807) is 12.4 Å². The molecule has 6 nitrogen and oxygen atoms in total. The molecule has 0 aliphatic carbocycles. The van der Waals surface area contributed by atoms with Crippen LogP contribution in [0, 0.1) is 0 Å². The normalized spacial score (nSPS) is 11.6. The number of nitrogens with zero attached hydrogens (tertiary/aromatic N) is 1. The van der Waals surface area contributed by atoms with Gasteiger partial charge in [0.2, 0.25) is 10.0 Å². The summed E-state index contributed by atoms with van der Waals surface area (Å²) >= 11 is 0. The van der Waals surface area contributed by atoms with E-state index in [9.17, 15) is 13.2 Å². The van der Waals surface area contributed by atoms with Crippen molar-refractivity contribution in [1.29, 1.82) is 0 Å². The van der Waals surface area contributed by atoms with Crippen LogP contribution in [-0.2, 0) is 16.6 Å². The molecule has 1 aromatic carbocycles. The summed E-state index contributed by atoms with van der Waals surface area (Å²) < 4.78 is 25.0. The van der Waals surface area contributed by atoms with Gasteiger partial charge < -0.3 is 10.3 Å². The Labute approximate surface area is 123 Å². The van der Waals surface area contributed by atoms with Gasteiger partial charge >= 0.3 is 0 Å². The van der Waals surface area contributed by atoms with Gasteiger partial charge in [-0.05, 0) is 35.9 Å². The number of aromatic nitrogens is 1. The minimum atomic E-state index is -3.47. The van der Waals surface area contributed by atoms with E-state index in [0.29, 0.717) is 12.1 Å². The maximum Gasteiger partial charge on any atom is 0.251 e. The zero-order valence-electron chi connectivity index (χ0n) is 11.8. The molecule has 7 heteroatoms. The van der Waals surface area contributed by atoms with E-state index >= 15 is 0 Å². The van der Waals surface area contributed by atoms with Gasteiger partial charge in [0.25, 0.3) is 5.91 Å². The number of hydrogen-bond acceptors (Lipinski definition) is 3. The molecule has 0 radical (unpaired) electrons. The highest BCUT2D eigenvalue weighted by Crippen LogP contribution is 2.14. The van der Waals surface area contributed by atoms with Gasteiger partial charge in [-0.2, -0.15) is 0 Å². The zero-order chi connectivity index (χ0) is 15.5. The van der Waals surface area contributed by atoms with E-state index in [2.05, 4.69) is 10.3 Å². The monoisotopic (exact) mass is 307 g/mol. The lowest BCUT2D eigenvalue weighted by Crippen LogP contribution is -2.24. The molecule has 1 heterocycles. The van der Waals surface area contributed by atoms with Crippen LogP contribution in [0.5, 0.6) is 0 Å². The van der Waals surface area contributed by atoms with Crippen molar-refractivity contribution in [3.63, 3.8) is 0 Å². The highest BCUT2D eigenvalue weighted by Gasteiger charge is 2.17. The molecule has 0 aliphatic heterocycles. The lowest BCUT2D eigenvalue weighted by molar-refractivity contribution is 0.0951. The zero-order valence-corrected chi connectivity index (χ0v) is 12.6. The average Bonchev–Trinajstić information content (AvgIpc) is 2.98. The first-order chi connectivity index (χ1) is 9.91. The van der Waals surface area contributed by atoms with Gasteiger partial charge in [-0.15, -0.1) is 0 Å². The number of amides is 1.